The van der Waals surface area contributed by atoms with E-state index >= 15 is 0 Å². The van der Waals surface area contributed by atoms with Gasteiger partial charge in [-0.2, -0.15) is 0 Å². The van der Waals surface area contributed by atoms with E-state index in [1.54, 1.807) is 0 Å². The molecule has 0 aliphatic carbocycles. The topological polar surface area (TPSA) is 78.9 Å². The minimum absolute atomic E-state index is 0.0837. The summed E-state index contributed by atoms with van der Waals surface area (Å²) in [5, 5.41) is 0. The summed E-state index contributed by atoms with van der Waals surface area (Å²) in [6.45, 7) is 6.38. The Hall–Kier alpha value is -3.15. The van der Waals surface area contributed by atoms with Crippen LogP contribution in [0.2, 0.25) is 0 Å². The Morgan fingerprint density at radius 2 is 0.698 bits per heavy atom. The third-order valence-electron chi connectivity index (χ3n) is 11.3. The lowest BCUT2D eigenvalue weighted by Crippen LogP contribution is -2.30. The fourth-order valence-electron chi connectivity index (χ4n) is 7.34. The summed E-state index contributed by atoms with van der Waals surface area (Å²) in [7, 11) is 0. The summed E-state index contributed by atoms with van der Waals surface area (Å²) in [5.41, 5.74) is 0. The maximum absolute atomic E-state index is 12.8. The zero-order chi connectivity index (χ0) is 45.8. The summed E-state index contributed by atoms with van der Waals surface area (Å²) in [6.07, 6.45) is 64.6. The molecule has 362 valence electrons. The van der Waals surface area contributed by atoms with Crippen molar-refractivity contribution in [1.29, 1.82) is 0 Å². The number of allylic oxidation sites excluding steroid dienone is 12. The van der Waals surface area contributed by atoms with Crippen molar-refractivity contribution in [1.82, 2.24) is 0 Å². The molecule has 0 saturated heterocycles. The number of esters is 3. The zero-order valence-corrected chi connectivity index (χ0v) is 41.3. The van der Waals surface area contributed by atoms with Gasteiger partial charge in [-0.1, -0.05) is 235 Å². The first-order chi connectivity index (χ1) is 31.0. The van der Waals surface area contributed by atoms with Gasteiger partial charge in [0.05, 0.1) is 0 Å². The van der Waals surface area contributed by atoms with Gasteiger partial charge in [0.25, 0.3) is 0 Å². The van der Waals surface area contributed by atoms with E-state index < -0.39 is 6.10 Å². The summed E-state index contributed by atoms with van der Waals surface area (Å²) >= 11 is 0. The van der Waals surface area contributed by atoms with Gasteiger partial charge < -0.3 is 14.2 Å². The molecule has 6 nitrogen and oxygen atoms in total. The van der Waals surface area contributed by atoms with Crippen LogP contribution in [0.5, 0.6) is 0 Å². The second-order valence-corrected chi connectivity index (χ2v) is 17.4. The van der Waals surface area contributed by atoms with Crippen LogP contribution in [0.4, 0.5) is 0 Å². The molecule has 0 saturated carbocycles. The van der Waals surface area contributed by atoms with Gasteiger partial charge in [-0.25, -0.2) is 0 Å². The summed E-state index contributed by atoms with van der Waals surface area (Å²) in [5.74, 6) is -0.906. The van der Waals surface area contributed by atoms with E-state index in [4.69, 9.17) is 14.2 Å². The van der Waals surface area contributed by atoms with Gasteiger partial charge in [-0.05, 0) is 70.6 Å². The number of unbranched alkanes of at least 4 members (excludes halogenated alkanes) is 26. The van der Waals surface area contributed by atoms with Crippen molar-refractivity contribution < 1.29 is 28.6 Å². The standard InChI is InChI=1S/C57H98O6/c1-4-7-10-13-16-19-22-25-26-27-28-29-30-33-35-38-41-44-47-50-56(59)62-53-54(63-57(60)51-48-45-42-39-36-32-24-21-18-15-12-9-6-3)52-61-55(58)49-46-43-40-37-34-31-23-20-17-14-11-8-5-2/h7,9-10,12,15-16,18-19,21,24-26,54H,4-6,8,11,13-14,17,20,22-23,27-53H2,1-3H3/b10-7-,12-9-,18-15-,19-16-,24-21-,26-25-. The molecule has 0 N–H and O–H groups in total. The minimum atomic E-state index is -0.786. The monoisotopic (exact) mass is 879 g/mol. The van der Waals surface area contributed by atoms with Crippen LogP contribution < -0.4 is 0 Å². The lowest BCUT2D eigenvalue weighted by molar-refractivity contribution is -0.167. The van der Waals surface area contributed by atoms with Gasteiger partial charge in [0.15, 0.2) is 6.10 Å². The van der Waals surface area contributed by atoms with E-state index in [0.717, 1.165) is 103 Å². The average Bonchev–Trinajstić information content (AvgIpc) is 3.28. The predicted octanol–water partition coefficient (Wildman–Crippen LogP) is 17.4. The Morgan fingerprint density at radius 1 is 0.349 bits per heavy atom. The molecule has 6 heteroatoms. The fraction of sp³-hybridized carbons (Fsp3) is 0.737. The molecule has 0 rings (SSSR count). The van der Waals surface area contributed by atoms with Gasteiger partial charge >= 0.3 is 17.9 Å². The molecule has 1 atom stereocenters. The summed E-state index contributed by atoms with van der Waals surface area (Å²) in [6, 6.07) is 0. The van der Waals surface area contributed by atoms with E-state index in [1.165, 1.54) is 109 Å². The Labute approximate surface area is 389 Å². The van der Waals surface area contributed by atoms with Crippen LogP contribution in [-0.4, -0.2) is 37.2 Å². The quantitative estimate of drug-likeness (QED) is 0.0199. The summed E-state index contributed by atoms with van der Waals surface area (Å²) < 4.78 is 16.8. The molecule has 0 aliphatic heterocycles. The van der Waals surface area contributed by atoms with Crippen molar-refractivity contribution in [2.24, 2.45) is 0 Å². The largest absolute Gasteiger partial charge is 0.462 e. The predicted molar refractivity (Wildman–Crippen MR) is 270 cm³/mol. The first-order valence-corrected chi connectivity index (χ1v) is 26.5. The average molecular weight is 879 g/mol. The number of carbonyl (C=O) groups excluding carboxylic acids is 3. The van der Waals surface area contributed by atoms with Gasteiger partial charge in [-0.3, -0.25) is 14.4 Å². The van der Waals surface area contributed by atoms with Crippen molar-refractivity contribution in [2.45, 2.75) is 258 Å². The highest BCUT2D eigenvalue weighted by Crippen LogP contribution is 2.15. The van der Waals surface area contributed by atoms with E-state index in [2.05, 4.69) is 93.7 Å². The number of rotatable bonds is 47. The van der Waals surface area contributed by atoms with Gasteiger partial charge in [0.1, 0.15) is 13.2 Å². The van der Waals surface area contributed by atoms with Crippen molar-refractivity contribution in [3.63, 3.8) is 0 Å². The molecule has 0 spiro atoms. The molecule has 0 aromatic rings. The van der Waals surface area contributed by atoms with E-state index in [-0.39, 0.29) is 31.1 Å². The molecule has 0 bridgehead atoms. The molecular weight excluding hydrogens is 781 g/mol. The first-order valence-electron chi connectivity index (χ1n) is 26.5. The highest BCUT2D eigenvalue weighted by molar-refractivity contribution is 5.71. The third-order valence-corrected chi connectivity index (χ3v) is 11.3. The molecule has 1 unspecified atom stereocenters. The smallest absolute Gasteiger partial charge is 0.306 e. The van der Waals surface area contributed by atoms with E-state index in [9.17, 15) is 14.4 Å². The van der Waals surface area contributed by atoms with Gasteiger partial charge in [0, 0.05) is 19.3 Å². The Kier molecular flexibility index (Phi) is 48.9. The second-order valence-electron chi connectivity index (χ2n) is 17.4. The zero-order valence-electron chi connectivity index (χ0n) is 41.3. The SMILES string of the molecule is CC\C=C/C=C\C=C/CCCCCCCC(=O)OC(COC(=O)CCCCCCCCCCC/C=C\C/C=C\C/C=C\CC)COC(=O)CCCCCCCCCCCCCCC. The molecule has 63 heavy (non-hydrogen) atoms. The van der Waals surface area contributed by atoms with Gasteiger partial charge in [-0.15, -0.1) is 0 Å². The van der Waals surface area contributed by atoms with Crippen LogP contribution >= 0.6 is 0 Å². The number of ether oxygens (including phenoxy) is 3. The van der Waals surface area contributed by atoms with Crippen LogP contribution in [0.15, 0.2) is 72.9 Å². The van der Waals surface area contributed by atoms with Crippen LogP contribution in [-0.2, 0) is 28.6 Å². The van der Waals surface area contributed by atoms with Crippen molar-refractivity contribution >= 4 is 17.9 Å². The normalized spacial score (nSPS) is 12.6. The maximum Gasteiger partial charge on any atom is 0.306 e. The second kappa shape index (κ2) is 51.5. The molecule has 0 heterocycles. The van der Waals surface area contributed by atoms with E-state index in [1.807, 2.05) is 0 Å². The molecule has 0 aromatic heterocycles. The van der Waals surface area contributed by atoms with Crippen LogP contribution in [0.3, 0.4) is 0 Å². The van der Waals surface area contributed by atoms with Crippen molar-refractivity contribution in [3.8, 4) is 0 Å². The van der Waals surface area contributed by atoms with Crippen molar-refractivity contribution in [2.75, 3.05) is 13.2 Å². The molecule has 0 aliphatic rings. The molecule has 0 aromatic carbocycles. The van der Waals surface area contributed by atoms with Gasteiger partial charge in [0.2, 0.25) is 0 Å². The summed E-state index contributed by atoms with van der Waals surface area (Å²) in [4.78, 5) is 38.0. The van der Waals surface area contributed by atoms with E-state index in [0.29, 0.717) is 19.3 Å². The highest BCUT2D eigenvalue weighted by atomic mass is 16.6. The fourth-order valence-corrected chi connectivity index (χ4v) is 7.34. The maximum atomic E-state index is 12.8. The number of hydrogen-bond donors (Lipinski definition) is 0. The lowest BCUT2D eigenvalue weighted by atomic mass is 10.0. The number of hydrogen-bond acceptors (Lipinski definition) is 6. The number of carbonyl (C=O) groups is 3. The Morgan fingerprint density at radius 3 is 1.14 bits per heavy atom. The Balaban J connectivity index is 4.36. The third kappa shape index (κ3) is 49.7. The molecule has 0 radical (unpaired) electrons. The lowest BCUT2D eigenvalue weighted by Gasteiger charge is -2.18. The molecular formula is C57H98O6. The Bertz CT molecular complexity index is 1190. The molecule has 0 fully saturated rings. The van der Waals surface area contributed by atoms with Crippen molar-refractivity contribution in [3.05, 3.63) is 72.9 Å². The van der Waals surface area contributed by atoms with Crippen LogP contribution in [0.1, 0.15) is 252 Å². The molecule has 0 amide bonds. The van der Waals surface area contributed by atoms with Crippen LogP contribution in [0, 0.1) is 0 Å². The minimum Gasteiger partial charge on any atom is -0.462 e. The van der Waals surface area contributed by atoms with Crippen LogP contribution in [0.25, 0.3) is 0 Å². The first kappa shape index (κ1) is 59.9. The highest BCUT2D eigenvalue weighted by Gasteiger charge is 2.19.